The van der Waals surface area contributed by atoms with Crippen LogP contribution in [0.5, 0.6) is 0 Å². The molecule has 0 aliphatic heterocycles. The Balaban J connectivity index is 2.25. The van der Waals surface area contributed by atoms with Crippen molar-refractivity contribution in [3.05, 3.63) is 63.6 Å². The van der Waals surface area contributed by atoms with Gasteiger partial charge in [0.1, 0.15) is 0 Å². The van der Waals surface area contributed by atoms with Crippen LogP contribution >= 0.6 is 31.9 Å². The zero-order valence-electron chi connectivity index (χ0n) is 11.2. The van der Waals surface area contributed by atoms with Crippen LogP contribution in [0.25, 0.3) is 0 Å². The molecule has 0 aliphatic rings. The van der Waals surface area contributed by atoms with Crippen molar-refractivity contribution in [3.8, 4) is 0 Å². The maximum atomic E-state index is 3.56. The molecule has 0 saturated carbocycles. The Morgan fingerprint density at radius 1 is 1.05 bits per heavy atom. The number of benzene rings is 2. The van der Waals surface area contributed by atoms with Crippen molar-refractivity contribution in [2.45, 2.75) is 18.8 Å². The minimum Gasteiger partial charge on any atom is -0.370 e. The van der Waals surface area contributed by atoms with E-state index in [0.29, 0.717) is 0 Å². The van der Waals surface area contributed by atoms with Gasteiger partial charge in [0, 0.05) is 29.1 Å². The molecule has 0 atom stereocenters. The summed E-state index contributed by atoms with van der Waals surface area (Å²) in [6, 6.07) is 15.0. The summed E-state index contributed by atoms with van der Waals surface area (Å²) in [5.74, 6) is 0. The first kappa shape index (κ1) is 14.6. The molecule has 0 unspecified atom stereocenters. The Morgan fingerprint density at radius 2 is 1.79 bits per heavy atom. The van der Waals surface area contributed by atoms with Crippen molar-refractivity contribution in [1.82, 2.24) is 0 Å². The number of hydrogen-bond donors (Lipinski definition) is 0. The molecule has 0 amide bonds. The van der Waals surface area contributed by atoms with Crippen molar-refractivity contribution in [1.29, 1.82) is 0 Å². The Bertz CT molecular complexity index is 566. The van der Waals surface area contributed by atoms with E-state index in [2.05, 4.69) is 93.2 Å². The fourth-order valence-electron chi connectivity index (χ4n) is 2.16. The zero-order chi connectivity index (χ0) is 13.8. The van der Waals surface area contributed by atoms with E-state index in [-0.39, 0.29) is 0 Å². The van der Waals surface area contributed by atoms with E-state index in [1.807, 2.05) is 0 Å². The van der Waals surface area contributed by atoms with Gasteiger partial charge in [-0.3, -0.25) is 0 Å². The number of anilines is 1. The maximum absolute atomic E-state index is 3.56. The van der Waals surface area contributed by atoms with Crippen molar-refractivity contribution in [3.63, 3.8) is 0 Å². The minimum atomic E-state index is 0.861. The second-order valence-electron chi connectivity index (χ2n) is 4.69. The van der Waals surface area contributed by atoms with Gasteiger partial charge in [-0.2, -0.15) is 0 Å². The van der Waals surface area contributed by atoms with Gasteiger partial charge in [0.05, 0.1) is 0 Å². The molecule has 2 rings (SSSR count). The molecule has 0 saturated heterocycles. The third-order valence-electron chi connectivity index (χ3n) is 3.27. The Kier molecular flexibility index (Phi) is 5.06. The summed E-state index contributed by atoms with van der Waals surface area (Å²) < 4.78 is 1.12. The molecule has 19 heavy (non-hydrogen) atoms. The summed E-state index contributed by atoms with van der Waals surface area (Å²) in [4.78, 5) is 2.30. The average molecular weight is 383 g/mol. The fourth-order valence-corrected chi connectivity index (χ4v) is 3.02. The van der Waals surface area contributed by atoms with E-state index in [9.17, 15) is 0 Å². The van der Waals surface area contributed by atoms with E-state index in [1.54, 1.807) is 0 Å². The van der Waals surface area contributed by atoms with Crippen LogP contribution in [-0.4, -0.2) is 7.05 Å². The zero-order valence-corrected chi connectivity index (χ0v) is 14.3. The third kappa shape index (κ3) is 3.61. The quantitative estimate of drug-likeness (QED) is 0.649. The molecule has 0 radical (unpaired) electrons. The second kappa shape index (κ2) is 6.58. The van der Waals surface area contributed by atoms with Crippen LogP contribution in [0.1, 0.15) is 16.7 Å². The normalized spacial score (nSPS) is 10.5. The fraction of sp³-hybridized carbons (Fsp3) is 0.250. The molecule has 0 spiro atoms. The van der Waals surface area contributed by atoms with Crippen molar-refractivity contribution < 1.29 is 0 Å². The highest BCUT2D eigenvalue weighted by Crippen LogP contribution is 2.27. The number of hydrogen-bond acceptors (Lipinski definition) is 1. The molecule has 0 heterocycles. The minimum absolute atomic E-state index is 0.861. The first-order valence-electron chi connectivity index (χ1n) is 6.22. The predicted molar refractivity (Wildman–Crippen MR) is 90.1 cm³/mol. The first-order chi connectivity index (χ1) is 9.11. The Hall–Kier alpha value is -0.800. The standard InChI is InChI=1S/C16H17Br2N/c1-12-5-3-4-6-13(12)11-19(2)16-8-7-15(18)9-14(16)10-17/h3-9H,10-11H2,1-2H3. The van der Waals surface area contributed by atoms with Gasteiger partial charge >= 0.3 is 0 Å². The van der Waals surface area contributed by atoms with E-state index < -0.39 is 0 Å². The number of halogens is 2. The SMILES string of the molecule is Cc1ccccc1CN(C)c1ccc(Br)cc1CBr. The monoisotopic (exact) mass is 381 g/mol. The average Bonchev–Trinajstić information content (AvgIpc) is 2.41. The lowest BCUT2D eigenvalue weighted by Gasteiger charge is -2.23. The van der Waals surface area contributed by atoms with Crippen LogP contribution in [0, 0.1) is 6.92 Å². The first-order valence-corrected chi connectivity index (χ1v) is 8.13. The molecule has 100 valence electrons. The lowest BCUT2D eigenvalue weighted by atomic mass is 10.1. The van der Waals surface area contributed by atoms with Crippen molar-refractivity contribution in [2.24, 2.45) is 0 Å². The van der Waals surface area contributed by atoms with E-state index >= 15 is 0 Å². The summed E-state index contributed by atoms with van der Waals surface area (Å²) >= 11 is 7.09. The lowest BCUT2D eigenvalue weighted by molar-refractivity contribution is 0.908. The number of alkyl halides is 1. The Morgan fingerprint density at radius 3 is 2.47 bits per heavy atom. The highest BCUT2D eigenvalue weighted by atomic mass is 79.9. The summed E-state index contributed by atoms with van der Waals surface area (Å²) in [6.07, 6.45) is 0. The largest absolute Gasteiger partial charge is 0.370 e. The van der Waals surface area contributed by atoms with Crippen LogP contribution in [0.3, 0.4) is 0 Å². The molecule has 1 nitrogen and oxygen atoms in total. The molecule has 0 aromatic heterocycles. The van der Waals surface area contributed by atoms with E-state index in [0.717, 1.165) is 16.3 Å². The summed E-state index contributed by atoms with van der Waals surface area (Å²) in [6.45, 7) is 3.09. The van der Waals surface area contributed by atoms with Crippen molar-refractivity contribution in [2.75, 3.05) is 11.9 Å². The molecule has 0 aliphatic carbocycles. The van der Waals surface area contributed by atoms with Gasteiger partial charge in [0.2, 0.25) is 0 Å². The van der Waals surface area contributed by atoms with E-state index in [4.69, 9.17) is 0 Å². The van der Waals surface area contributed by atoms with E-state index in [1.165, 1.54) is 22.4 Å². The van der Waals surface area contributed by atoms with Gasteiger partial charge in [0.25, 0.3) is 0 Å². The molecule has 2 aromatic carbocycles. The topological polar surface area (TPSA) is 3.24 Å². The van der Waals surface area contributed by atoms with Gasteiger partial charge in [-0.1, -0.05) is 56.1 Å². The highest BCUT2D eigenvalue weighted by molar-refractivity contribution is 9.10. The molecule has 0 fully saturated rings. The summed E-state index contributed by atoms with van der Waals surface area (Å²) in [5.41, 5.74) is 5.27. The highest BCUT2D eigenvalue weighted by Gasteiger charge is 2.09. The number of nitrogens with zero attached hydrogens (tertiary/aromatic N) is 1. The van der Waals surface area contributed by atoms with Crippen LogP contribution < -0.4 is 4.90 Å². The Labute approximate surface area is 131 Å². The van der Waals surface area contributed by atoms with Crippen molar-refractivity contribution >= 4 is 37.5 Å². The molecule has 2 aromatic rings. The molecule has 0 bridgehead atoms. The van der Waals surface area contributed by atoms with Crippen LogP contribution in [0.4, 0.5) is 5.69 Å². The molecule has 0 N–H and O–H groups in total. The predicted octanol–water partition coefficient (Wildman–Crippen LogP) is 5.29. The van der Waals surface area contributed by atoms with Gasteiger partial charge in [-0.15, -0.1) is 0 Å². The van der Waals surface area contributed by atoms with Gasteiger partial charge in [-0.05, 0) is 41.8 Å². The maximum Gasteiger partial charge on any atom is 0.0428 e. The van der Waals surface area contributed by atoms with Crippen LogP contribution in [0.15, 0.2) is 46.9 Å². The van der Waals surface area contributed by atoms with Gasteiger partial charge in [0.15, 0.2) is 0 Å². The smallest absolute Gasteiger partial charge is 0.0428 e. The number of aryl methyl sites for hydroxylation is 1. The van der Waals surface area contributed by atoms with Crippen LogP contribution in [-0.2, 0) is 11.9 Å². The molecular formula is C16H17Br2N. The number of rotatable bonds is 4. The second-order valence-corrected chi connectivity index (χ2v) is 6.17. The third-order valence-corrected chi connectivity index (χ3v) is 4.36. The molecule has 3 heteroatoms. The summed E-state index contributed by atoms with van der Waals surface area (Å²) in [7, 11) is 2.14. The van der Waals surface area contributed by atoms with Gasteiger partial charge < -0.3 is 4.90 Å². The summed E-state index contributed by atoms with van der Waals surface area (Å²) in [5, 5.41) is 0.861. The lowest BCUT2D eigenvalue weighted by Crippen LogP contribution is -2.18. The molecular weight excluding hydrogens is 366 g/mol. The van der Waals surface area contributed by atoms with Gasteiger partial charge in [-0.25, -0.2) is 0 Å². The van der Waals surface area contributed by atoms with Crippen LogP contribution in [0.2, 0.25) is 0 Å².